The molecule has 0 aliphatic carbocycles. The lowest BCUT2D eigenvalue weighted by atomic mass is 10.3. The average molecular weight is 241 g/mol. The van der Waals surface area contributed by atoms with Gasteiger partial charge in [-0.3, -0.25) is 14.5 Å². The van der Waals surface area contributed by atoms with Crippen LogP contribution in [-0.2, 0) is 14.3 Å². The number of amides is 2. The van der Waals surface area contributed by atoms with E-state index < -0.39 is 0 Å². The van der Waals surface area contributed by atoms with Gasteiger partial charge in [0.25, 0.3) is 11.8 Å². The van der Waals surface area contributed by atoms with Crippen molar-refractivity contribution >= 4 is 11.8 Å². The third-order valence-electron chi connectivity index (χ3n) is 3.12. The molecule has 2 rings (SSSR count). The van der Waals surface area contributed by atoms with Crippen molar-refractivity contribution in [3.8, 4) is 0 Å². The van der Waals surface area contributed by atoms with Gasteiger partial charge in [0.15, 0.2) is 0 Å². The molecule has 0 atom stereocenters. The molecule has 17 heavy (non-hydrogen) atoms. The fourth-order valence-corrected chi connectivity index (χ4v) is 2.16. The number of ether oxygens (including phenoxy) is 1. The first-order valence-electron chi connectivity index (χ1n) is 6.11. The summed E-state index contributed by atoms with van der Waals surface area (Å²) in [5, 5.41) is 3.29. The molecular weight excluding hydrogens is 222 g/mol. The van der Waals surface area contributed by atoms with E-state index in [2.05, 4.69) is 10.2 Å². The molecule has 0 saturated carbocycles. The molecule has 1 N–H and O–H groups in total. The summed E-state index contributed by atoms with van der Waals surface area (Å²) in [5.74, 6) is -0.414. The molecule has 0 spiro atoms. The molecule has 6 heteroatoms. The minimum atomic E-state index is -0.207. The van der Waals surface area contributed by atoms with Crippen LogP contribution >= 0.6 is 0 Å². The summed E-state index contributed by atoms with van der Waals surface area (Å²) in [7, 11) is 0. The molecule has 0 aromatic heterocycles. The number of nitrogens with zero attached hydrogens (tertiary/aromatic N) is 2. The summed E-state index contributed by atoms with van der Waals surface area (Å²) < 4.78 is 4.86. The lowest BCUT2D eigenvalue weighted by Gasteiger charge is -2.29. The van der Waals surface area contributed by atoms with Crippen molar-refractivity contribution in [3.05, 3.63) is 0 Å². The topological polar surface area (TPSA) is 61.9 Å². The third-order valence-corrected chi connectivity index (χ3v) is 3.12. The molecule has 2 amide bonds. The van der Waals surface area contributed by atoms with Gasteiger partial charge in [0.05, 0.1) is 0 Å². The Morgan fingerprint density at radius 3 is 2.35 bits per heavy atom. The monoisotopic (exact) mass is 241 g/mol. The smallest absolute Gasteiger partial charge is 0.255 e. The van der Waals surface area contributed by atoms with Crippen molar-refractivity contribution in [1.29, 1.82) is 0 Å². The number of carbonyl (C=O) groups is 2. The molecular formula is C11H19N3O3. The maximum atomic E-state index is 11.4. The second kappa shape index (κ2) is 6.09. The standard InChI is InChI=1S/C11H19N3O3/c15-10-8-17-9-11(16)14(10)5-1-4-13-6-2-12-3-7-13/h12H,1-9H2. The van der Waals surface area contributed by atoms with Crippen LogP contribution in [0.4, 0.5) is 0 Å². The summed E-state index contributed by atoms with van der Waals surface area (Å²) in [6, 6.07) is 0. The van der Waals surface area contributed by atoms with Crippen LogP contribution < -0.4 is 5.32 Å². The Hall–Kier alpha value is -0.980. The fourth-order valence-electron chi connectivity index (χ4n) is 2.16. The van der Waals surface area contributed by atoms with Crippen LogP contribution in [0.5, 0.6) is 0 Å². The number of imide groups is 1. The summed E-state index contributed by atoms with van der Waals surface area (Å²) in [5.41, 5.74) is 0. The Balaban J connectivity index is 1.69. The Kier molecular flexibility index (Phi) is 4.47. The van der Waals surface area contributed by atoms with Crippen molar-refractivity contribution < 1.29 is 14.3 Å². The molecule has 0 aromatic rings. The van der Waals surface area contributed by atoms with Gasteiger partial charge in [0.2, 0.25) is 0 Å². The highest BCUT2D eigenvalue weighted by molar-refractivity contribution is 5.98. The maximum absolute atomic E-state index is 11.4. The van der Waals surface area contributed by atoms with Crippen molar-refractivity contribution in [2.75, 3.05) is 52.5 Å². The van der Waals surface area contributed by atoms with Gasteiger partial charge in [0.1, 0.15) is 13.2 Å². The number of nitrogens with one attached hydrogen (secondary N) is 1. The zero-order chi connectivity index (χ0) is 12.1. The highest BCUT2D eigenvalue weighted by atomic mass is 16.5. The molecule has 2 aliphatic rings. The number of morpholine rings is 1. The van der Waals surface area contributed by atoms with Crippen LogP contribution in [0, 0.1) is 0 Å². The van der Waals surface area contributed by atoms with E-state index in [1.165, 1.54) is 4.90 Å². The zero-order valence-corrected chi connectivity index (χ0v) is 9.98. The van der Waals surface area contributed by atoms with Crippen LogP contribution in [0.3, 0.4) is 0 Å². The van der Waals surface area contributed by atoms with Gasteiger partial charge in [-0.25, -0.2) is 0 Å². The molecule has 0 bridgehead atoms. The highest BCUT2D eigenvalue weighted by Gasteiger charge is 2.26. The van der Waals surface area contributed by atoms with E-state index >= 15 is 0 Å². The molecule has 2 fully saturated rings. The zero-order valence-electron chi connectivity index (χ0n) is 9.98. The normalized spacial score (nSPS) is 23.2. The minimum Gasteiger partial charge on any atom is -0.362 e. The lowest BCUT2D eigenvalue weighted by molar-refractivity contribution is -0.158. The van der Waals surface area contributed by atoms with Gasteiger partial charge in [0, 0.05) is 32.7 Å². The average Bonchev–Trinajstić information content (AvgIpc) is 2.34. The molecule has 0 unspecified atom stereocenters. The number of piperazine rings is 1. The second-order valence-corrected chi connectivity index (χ2v) is 4.38. The number of hydrogen-bond donors (Lipinski definition) is 1. The van der Waals surface area contributed by atoms with Gasteiger partial charge in [-0.1, -0.05) is 0 Å². The van der Waals surface area contributed by atoms with Crippen LogP contribution in [0.2, 0.25) is 0 Å². The summed E-state index contributed by atoms with van der Waals surface area (Å²) in [4.78, 5) is 26.6. The molecule has 0 radical (unpaired) electrons. The Bertz CT molecular complexity index is 274. The quantitative estimate of drug-likeness (QED) is 0.618. The van der Waals surface area contributed by atoms with E-state index in [1.54, 1.807) is 0 Å². The van der Waals surface area contributed by atoms with E-state index in [9.17, 15) is 9.59 Å². The first-order chi connectivity index (χ1) is 8.27. The molecule has 6 nitrogen and oxygen atoms in total. The van der Waals surface area contributed by atoms with Gasteiger partial charge >= 0.3 is 0 Å². The molecule has 2 heterocycles. The lowest BCUT2D eigenvalue weighted by Crippen LogP contribution is -2.48. The van der Waals surface area contributed by atoms with Gasteiger partial charge < -0.3 is 15.0 Å². The predicted molar refractivity (Wildman–Crippen MR) is 61.5 cm³/mol. The van der Waals surface area contributed by atoms with E-state index in [0.717, 1.165) is 39.1 Å². The van der Waals surface area contributed by atoms with E-state index in [1.807, 2.05) is 0 Å². The highest BCUT2D eigenvalue weighted by Crippen LogP contribution is 2.03. The van der Waals surface area contributed by atoms with Gasteiger partial charge in [-0.05, 0) is 13.0 Å². The molecule has 0 aromatic carbocycles. The SMILES string of the molecule is O=C1COCC(=O)N1CCCN1CCNCC1. The van der Waals surface area contributed by atoms with Crippen molar-refractivity contribution in [2.45, 2.75) is 6.42 Å². The maximum Gasteiger partial charge on any atom is 0.255 e. The van der Waals surface area contributed by atoms with Gasteiger partial charge in [-0.15, -0.1) is 0 Å². The predicted octanol–water partition coefficient (Wildman–Crippen LogP) is -1.33. The van der Waals surface area contributed by atoms with E-state index in [-0.39, 0.29) is 25.0 Å². The van der Waals surface area contributed by atoms with Crippen LogP contribution in [-0.4, -0.2) is 74.1 Å². The van der Waals surface area contributed by atoms with Crippen molar-refractivity contribution in [1.82, 2.24) is 15.1 Å². The fraction of sp³-hybridized carbons (Fsp3) is 0.818. The van der Waals surface area contributed by atoms with Crippen LogP contribution in [0.25, 0.3) is 0 Å². The second-order valence-electron chi connectivity index (χ2n) is 4.38. The Morgan fingerprint density at radius 1 is 1.06 bits per heavy atom. The minimum absolute atomic E-state index is 0.0410. The van der Waals surface area contributed by atoms with Crippen molar-refractivity contribution in [3.63, 3.8) is 0 Å². The van der Waals surface area contributed by atoms with Gasteiger partial charge in [-0.2, -0.15) is 0 Å². The molecule has 96 valence electrons. The first-order valence-corrected chi connectivity index (χ1v) is 6.11. The van der Waals surface area contributed by atoms with Crippen LogP contribution in [0.15, 0.2) is 0 Å². The summed E-state index contributed by atoms with van der Waals surface area (Å²) >= 11 is 0. The van der Waals surface area contributed by atoms with Crippen molar-refractivity contribution in [2.24, 2.45) is 0 Å². The summed E-state index contributed by atoms with van der Waals surface area (Å²) in [6.45, 7) is 5.68. The van der Waals surface area contributed by atoms with Crippen LogP contribution in [0.1, 0.15) is 6.42 Å². The summed E-state index contributed by atoms with van der Waals surface area (Å²) in [6.07, 6.45) is 0.845. The largest absolute Gasteiger partial charge is 0.362 e. The Labute approximate surface area is 101 Å². The number of carbonyl (C=O) groups excluding carboxylic acids is 2. The molecule has 2 aliphatic heterocycles. The number of rotatable bonds is 4. The Morgan fingerprint density at radius 2 is 1.71 bits per heavy atom. The molecule has 2 saturated heterocycles. The first kappa shape index (κ1) is 12.5. The third kappa shape index (κ3) is 3.49. The number of hydrogen-bond acceptors (Lipinski definition) is 5. The van der Waals surface area contributed by atoms with E-state index in [4.69, 9.17) is 4.74 Å². The van der Waals surface area contributed by atoms with E-state index in [0.29, 0.717) is 6.54 Å².